The van der Waals surface area contributed by atoms with Crippen molar-refractivity contribution in [2.45, 2.75) is 32.6 Å². The van der Waals surface area contributed by atoms with Crippen molar-refractivity contribution in [3.05, 3.63) is 77.2 Å². The largest absolute Gasteiger partial charge is 0.478 e. The molecule has 0 aliphatic carbocycles. The average Bonchev–Trinajstić information content (AvgIpc) is 3.41. The molecule has 1 aliphatic rings. The Bertz CT molecular complexity index is 1750. The number of aromatic nitrogens is 4. The molecule has 2 atom stereocenters. The van der Waals surface area contributed by atoms with E-state index in [0.717, 1.165) is 24.0 Å². The van der Waals surface area contributed by atoms with E-state index in [-0.39, 0.29) is 23.5 Å². The molecule has 41 heavy (non-hydrogen) atoms. The number of rotatable bonds is 8. The molecule has 1 aliphatic heterocycles. The van der Waals surface area contributed by atoms with E-state index in [0.29, 0.717) is 46.9 Å². The SMILES string of the molecule is CCOc1ccc2cc(-c3ccc4nn(C(C)C5CNCCO5)cc4c3)c(=O)n(-c3ccc(OC(F)F)cc3)c2n1. The molecule has 6 rings (SSSR count). The molecular formula is C30H29F2N5O4. The number of halogens is 2. The molecule has 212 valence electrons. The van der Waals surface area contributed by atoms with E-state index in [2.05, 4.69) is 22.0 Å². The number of nitrogens with one attached hydrogen (secondary N) is 1. The van der Waals surface area contributed by atoms with Crippen molar-refractivity contribution in [3.63, 3.8) is 0 Å². The maximum Gasteiger partial charge on any atom is 0.387 e. The van der Waals surface area contributed by atoms with Crippen LogP contribution in [0.1, 0.15) is 19.9 Å². The molecule has 0 amide bonds. The van der Waals surface area contributed by atoms with Crippen LogP contribution < -0.4 is 20.3 Å². The highest BCUT2D eigenvalue weighted by molar-refractivity contribution is 5.88. The topological polar surface area (TPSA) is 92.4 Å². The molecule has 2 aromatic carbocycles. The lowest BCUT2D eigenvalue weighted by Gasteiger charge is -2.28. The standard InChI is InChI=1S/C30H29F2N5O4/c1-3-39-27-11-5-20-15-24(29(38)37(28(20)34-27)22-6-8-23(9-7-22)41-30(31)32)19-4-10-25-21(14-19)17-36(35-25)18(2)26-16-33-12-13-40-26/h4-11,14-15,17-18,26,30,33H,3,12-13,16H2,1-2H3. The Morgan fingerprint density at radius 1 is 1.10 bits per heavy atom. The summed E-state index contributed by atoms with van der Waals surface area (Å²) < 4.78 is 44.8. The Morgan fingerprint density at radius 2 is 1.93 bits per heavy atom. The third-order valence-corrected chi connectivity index (χ3v) is 7.18. The number of hydrogen-bond acceptors (Lipinski definition) is 7. The van der Waals surface area contributed by atoms with Crippen LogP contribution in [0.4, 0.5) is 8.78 Å². The summed E-state index contributed by atoms with van der Waals surface area (Å²) in [6, 6.07) is 17.0. The molecule has 4 heterocycles. The molecule has 9 nitrogen and oxygen atoms in total. The van der Waals surface area contributed by atoms with Gasteiger partial charge in [-0.25, -0.2) is 0 Å². The quantitative estimate of drug-likeness (QED) is 0.287. The molecule has 1 saturated heterocycles. The van der Waals surface area contributed by atoms with Gasteiger partial charge < -0.3 is 19.5 Å². The molecule has 0 saturated carbocycles. The summed E-state index contributed by atoms with van der Waals surface area (Å²) in [5, 5.41) is 9.71. The van der Waals surface area contributed by atoms with Gasteiger partial charge in [-0.15, -0.1) is 0 Å². The summed E-state index contributed by atoms with van der Waals surface area (Å²) >= 11 is 0. The van der Waals surface area contributed by atoms with Crippen LogP contribution in [0.5, 0.6) is 11.6 Å². The zero-order valence-electron chi connectivity index (χ0n) is 22.6. The van der Waals surface area contributed by atoms with Crippen molar-refractivity contribution in [1.82, 2.24) is 24.6 Å². The first-order chi connectivity index (χ1) is 19.9. The third-order valence-electron chi connectivity index (χ3n) is 7.18. The Kier molecular flexibility index (Phi) is 7.38. The van der Waals surface area contributed by atoms with Gasteiger partial charge >= 0.3 is 6.61 Å². The lowest BCUT2D eigenvalue weighted by atomic mass is 10.0. The second-order valence-electron chi connectivity index (χ2n) is 9.80. The predicted octanol–water partition coefficient (Wildman–Crippen LogP) is 4.95. The number of benzene rings is 2. The van der Waals surface area contributed by atoms with E-state index in [9.17, 15) is 13.6 Å². The Hall–Kier alpha value is -4.35. The number of hydrogen-bond donors (Lipinski definition) is 1. The number of fused-ring (bicyclic) bond motifs is 2. The van der Waals surface area contributed by atoms with Crippen LogP contribution in [-0.4, -0.2) is 58.4 Å². The monoisotopic (exact) mass is 561 g/mol. The second kappa shape index (κ2) is 11.3. The Labute approximate surface area is 234 Å². The van der Waals surface area contributed by atoms with Crippen LogP contribution in [-0.2, 0) is 4.74 Å². The van der Waals surface area contributed by atoms with E-state index < -0.39 is 6.61 Å². The van der Waals surface area contributed by atoms with Gasteiger partial charge in [-0.3, -0.25) is 14.0 Å². The molecule has 0 bridgehead atoms. The van der Waals surface area contributed by atoms with Crippen LogP contribution in [0.25, 0.3) is 38.8 Å². The van der Waals surface area contributed by atoms with E-state index in [1.807, 2.05) is 42.1 Å². The van der Waals surface area contributed by atoms with E-state index in [1.165, 1.54) is 16.7 Å². The number of nitrogens with zero attached hydrogens (tertiary/aromatic N) is 4. The molecule has 0 radical (unpaired) electrons. The van der Waals surface area contributed by atoms with Gasteiger partial charge in [0.25, 0.3) is 5.56 Å². The number of alkyl halides is 2. The first-order valence-corrected chi connectivity index (χ1v) is 13.5. The summed E-state index contributed by atoms with van der Waals surface area (Å²) in [6.45, 7) is 3.65. The van der Waals surface area contributed by atoms with Crippen molar-refractivity contribution in [2.75, 3.05) is 26.3 Å². The van der Waals surface area contributed by atoms with Gasteiger partial charge in [-0.2, -0.15) is 18.9 Å². The van der Waals surface area contributed by atoms with E-state index in [4.69, 9.17) is 14.6 Å². The van der Waals surface area contributed by atoms with Crippen LogP contribution >= 0.6 is 0 Å². The van der Waals surface area contributed by atoms with Gasteiger partial charge in [-0.1, -0.05) is 6.07 Å². The number of ether oxygens (including phenoxy) is 3. The Morgan fingerprint density at radius 3 is 2.66 bits per heavy atom. The minimum atomic E-state index is -2.95. The van der Waals surface area contributed by atoms with Gasteiger partial charge in [0.15, 0.2) is 5.65 Å². The highest BCUT2D eigenvalue weighted by Gasteiger charge is 2.23. The summed E-state index contributed by atoms with van der Waals surface area (Å²) in [5.74, 6) is 0.366. The van der Waals surface area contributed by atoms with Crippen molar-refractivity contribution in [2.24, 2.45) is 0 Å². The van der Waals surface area contributed by atoms with Crippen molar-refractivity contribution < 1.29 is 23.0 Å². The summed E-state index contributed by atoms with van der Waals surface area (Å²) in [6.07, 6.45) is 1.98. The molecule has 2 unspecified atom stereocenters. The molecule has 1 N–H and O–H groups in total. The molecular weight excluding hydrogens is 532 g/mol. The maximum atomic E-state index is 14.1. The van der Waals surface area contributed by atoms with Crippen molar-refractivity contribution >= 4 is 21.9 Å². The predicted molar refractivity (Wildman–Crippen MR) is 151 cm³/mol. The third kappa shape index (κ3) is 5.38. The first-order valence-electron chi connectivity index (χ1n) is 13.5. The number of morpholine rings is 1. The Balaban J connectivity index is 1.45. The van der Waals surface area contributed by atoms with Crippen molar-refractivity contribution in [3.8, 4) is 28.4 Å². The fraction of sp³-hybridized carbons (Fsp3) is 0.300. The van der Waals surface area contributed by atoms with Crippen LogP contribution in [0, 0.1) is 0 Å². The highest BCUT2D eigenvalue weighted by Crippen LogP contribution is 2.28. The lowest BCUT2D eigenvalue weighted by Crippen LogP contribution is -2.42. The summed E-state index contributed by atoms with van der Waals surface area (Å²) in [4.78, 5) is 18.6. The normalized spacial score (nSPS) is 16.4. The summed E-state index contributed by atoms with van der Waals surface area (Å²) in [5.41, 5.74) is 2.50. The molecule has 11 heteroatoms. The zero-order valence-corrected chi connectivity index (χ0v) is 22.6. The van der Waals surface area contributed by atoms with Gasteiger partial charge in [0, 0.05) is 41.7 Å². The van der Waals surface area contributed by atoms with Gasteiger partial charge in [0.05, 0.1) is 36.6 Å². The zero-order chi connectivity index (χ0) is 28.5. The van der Waals surface area contributed by atoms with E-state index >= 15 is 0 Å². The average molecular weight is 562 g/mol. The fourth-order valence-electron chi connectivity index (χ4n) is 5.11. The minimum absolute atomic E-state index is 0.00803. The van der Waals surface area contributed by atoms with Gasteiger partial charge in [-0.05, 0) is 67.9 Å². The second-order valence-corrected chi connectivity index (χ2v) is 9.80. The van der Waals surface area contributed by atoms with Gasteiger partial charge in [0.1, 0.15) is 5.75 Å². The first kappa shape index (κ1) is 26.9. The summed E-state index contributed by atoms with van der Waals surface area (Å²) in [7, 11) is 0. The van der Waals surface area contributed by atoms with E-state index in [1.54, 1.807) is 24.3 Å². The molecule has 1 fully saturated rings. The van der Waals surface area contributed by atoms with Crippen LogP contribution in [0.15, 0.2) is 71.7 Å². The number of pyridine rings is 2. The molecule has 3 aromatic heterocycles. The molecule has 0 spiro atoms. The van der Waals surface area contributed by atoms with Gasteiger partial charge in [0.2, 0.25) is 5.88 Å². The highest BCUT2D eigenvalue weighted by atomic mass is 19.3. The van der Waals surface area contributed by atoms with Crippen molar-refractivity contribution in [1.29, 1.82) is 0 Å². The maximum absolute atomic E-state index is 14.1. The fourth-order valence-corrected chi connectivity index (χ4v) is 5.11. The van der Waals surface area contributed by atoms with Crippen LogP contribution in [0.3, 0.4) is 0 Å². The lowest BCUT2D eigenvalue weighted by molar-refractivity contribution is -0.0498. The minimum Gasteiger partial charge on any atom is -0.478 e. The molecule has 5 aromatic rings. The van der Waals surface area contributed by atoms with Crippen LogP contribution in [0.2, 0.25) is 0 Å². The smallest absolute Gasteiger partial charge is 0.387 e.